The smallest absolute Gasteiger partial charge is 0.258 e. The highest BCUT2D eigenvalue weighted by molar-refractivity contribution is 7.98. The lowest BCUT2D eigenvalue weighted by Gasteiger charge is -2.10. The van der Waals surface area contributed by atoms with Gasteiger partial charge in [0.05, 0.1) is 29.6 Å². The fourth-order valence-electron chi connectivity index (χ4n) is 3.35. The summed E-state index contributed by atoms with van der Waals surface area (Å²) in [5.74, 6) is 2.61. The van der Waals surface area contributed by atoms with Crippen LogP contribution in [0.15, 0.2) is 64.0 Å². The Hall–Kier alpha value is -3.50. The van der Waals surface area contributed by atoms with Gasteiger partial charge in [0.1, 0.15) is 5.82 Å². The van der Waals surface area contributed by atoms with E-state index in [1.54, 1.807) is 47.5 Å². The molecule has 0 radical (unpaired) electrons. The van der Waals surface area contributed by atoms with Gasteiger partial charge in [0.2, 0.25) is 5.88 Å². The van der Waals surface area contributed by atoms with E-state index in [2.05, 4.69) is 27.1 Å². The molecule has 4 aromatic heterocycles. The third kappa shape index (κ3) is 4.39. The zero-order valence-corrected chi connectivity index (χ0v) is 19.6. The van der Waals surface area contributed by atoms with Crippen molar-refractivity contribution in [3.05, 3.63) is 75.9 Å². The summed E-state index contributed by atoms with van der Waals surface area (Å²) in [6.45, 7) is 2.06. The average molecular weight is 477 g/mol. The van der Waals surface area contributed by atoms with Gasteiger partial charge in [0.15, 0.2) is 11.0 Å². The molecular weight excluding hydrogens is 456 g/mol. The van der Waals surface area contributed by atoms with E-state index in [9.17, 15) is 4.79 Å². The fraction of sp³-hybridized carbons (Fsp3) is 0.174. The number of hydrogen-bond acceptors (Lipinski definition) is 8. The molecule has 33 heavy (non-hydrogen) atoms. The Morgan fingerprint density at radius 1 is 1.21 bits per heavy atom. The van der Waals surface area contributed by atoms with Gasteiger partial charge in [-0.3, -0.25) is 13.9 Å². The molecule has 0 N–H and O–H groups in total. The van der Waals surface area contributed by atoms with Crippen LogP contribution in [0.5, 0.6) is 5.88 Å². The van der Waals surface area contributed by atoms with Crippen molar-refractivity contribution in [2.45, 2.75) is 17.8 Å². The fourth-order valence-corrected chi connectivity index (χ4v) is 4.89. The first-order chi connectivity index (χ1) is 16.1. The monoisotopic (exact) mass is 476 g/mol. The van der Waals surface area contributed by atoms with Crippen LogP contribution >= 0.6 is 23.1 Å². The molecule has 1 aliphatic rings. The molecule has 0 bridgehead atoms. The zero-order chi connectivity index (χ0) is 22.8. The van der Waals surface area contributed by atoms with E-state index < -0.39 is 0 Å². The molecule has 1 aliphatic heterocycles. The summed E-state index contributed by atoms with van der Waals surface area (Å²) < 4.78 is 8.72. The van der Waals surface area contributed by atoms with Gasteiger partial charge in [-0.2, -0.15) is 0 Å². The Morgan fingerprint density at radius 3 is 2.88 bits per heavy atom. The second-order valence-electron chi connectivity index (χ2n) is 7.34. The summed E-state index contributed by atoms with van der Waals surface area (Å²) in [4.78, 5) is 22.7. The first-order valence-electron chi connectivity index (χ1n) is 10.2. The number of aromatic nitrogens is 6. The van der Waals surface area contributed by atoms with Crippen molar-refractivity contribution in [2.24, 2.45) is 5.92 Å². The second-order valence-corrected chi connectivity index (χ2v) is 9.23. The molecule has 0 aromatic carbocycles. The lowest BCUT2D eigenvalue weighted by atomic mass is 10.2. The zero-order valence-electron chi connectivity index (χ0n) is 18.0. The van der Waals surface area contributed by atoms with E-state index in [4.69, 9.17) is 4.74 Å². The van der Waals surface area contributed by atoms with E-state index in [1.807, 2.05) is 46.4 Å². The summed E-state index contributed by atoms with van der Waals surface area (Å²) >= 11 is 3.06. The van der Waals surface area contributed by atoms with Crippen LogP contribution in [-0.4, -0.2) is 36.4 Å². The Labute approximate surface area is 198 Å². The van der Waals surface area contributed by atoms with Crippen molar-refractivity contribution < 1.29 is 4.74 Å². The van der Waals surface area contributed by atoms with Crippen LogP contribution in [0.2, 0.25) is 0 Å². The molecule has 0 fully saturated rings. The topological polar surface area (TPSA) is 87.7 Å². The molecule has 5 rings (SSSR count). The lowest BCUT2D eigenvalue weighted by molar-refractivity contribution is 0.398. The summed E-state index contributed by atoms with van der Waals surface area (Å²) in [6.07, 6.45) is 9.41. The number of ether oxygens (including phenoxy) is 1. The van der Waals surface area contributed by atoms with Crippen molar-refractivity contribution >= 4 is 35.4 Å². The molecule has 166 valence electrons. The predicted molar refractivity (Wildman–Crippen MR) is 131 cm³/mol. The molecule has 10 heteroatoms. The van der Waals surface area contributed by atoms with Crippen LogP contribution in [0.1, 0.15) is 18.4 Å². The van der Waals surface area contributed by atoms with Crippen LogP contribution in [-0.2, 0) is 5.75 Å². The van der Waals surface area contributed by atoms with E-state index >= 15 is 0 Å². The largest absolute Gasteiger partial charge is 0.481 e. The van der Waals surface area contributed by atoms with E-state index in [0.29, 0.717) is 28.3 Å². The number of methoxy groups -OCH3 is 1. The summed E-state index contributed by atoms with van der Waals surface area (Å²) in [6, 6.07) is 9.28. The molecule has 0 saturated carbocycles. The minimum absolute atomic E-state index is 0.106. The standard InChI is InChI=1S/C23H20N6O2S2/c1-15-5-7-19-25-16(12-21(30)28(19)10-9-15)14-33-23-27-26-22(18-4-3-11-32-18)29(23)17-6-8-20(31-2)24-13-17/h3-13,15H,14H2,1-2H3. The number of rotatable bonds is 6. The van der Waals surface area contributed by atoms with E-state index in [1.165, 1.54) is 11.8 Å². The number of fused-ring (bicyclic) bond motifs is 1. The van der Waals surface area contributed by atoms with E-state index in [0.717, 1.165) is 16.4 Å². The minimum atomic E-state index is -0.106. The van der Waals surface area contributed by atoms with Crippen LogP contribution in [0.25, 0.3) is 28.7 Å². The SMILES string of the molecule is COc1ccc(-n2c(SCc3cc(=O)n4c(n3)C=CC(C)C=C4)nnc2-c2cccs2)cn1. The first kappa shape index (κ1) is 21.4. The van der Waals surface area contributed by atoms with Gasteiger partial charge >= 0.3 is 0 Å². The molecule has 0 spiro atoms. The summed E-state index contributed by atoms with van der Waals surface area (Å²) in [5.41, 5.74) is 1.40. The van der Waals surface area contributed by atoms with Crippen LogP contribution < -0.4 is 10.3 Å². The number of thiophene rings is 1. The maximum absolute atomic E-state index is 12.6. The summed E-state index contributed by atoms with van der Waals surface area (Å²) in [7, 11) is 1.58. The number of hydrogen-bond donors (Lipinski definition) is 0. The highest BCUT2D eigenvalue weighted by atomic mass is 32.2. The van der Waals surface area contributed by atoms with Gasteiger partial charge in [0, 0.05) is 24.1 Å². The van der Waals surface area contributed by atoms with Crippen LogP contribution in [0, 0.1) is 5.92 Å². The third-order valence-electron chi connectivity index (χ3n) is 5.03. The van der Waals surface area contributed by atoms with Crippen LogP contribution in [0.3, 0.4) is 0 Å². The van der Waals surface area contributed by atoms with Crippen LogP contribution in [0.4, 0.5) is 0 Å². The number of allylic oxidation sites excluding steroid dienone is 2. The van der Waals surface area contributed by atoms with Gasteiger partial charge in [0.25, 0.3) is 5.56 Å². The number of thioether (sulfide) groups is 1. The van der Waals surface area contributed by atoms with Crippen molar-refractivity contribution in [3.63, 3.8) is 0 Å². The van der Waals surface area contributed by atoms with Gasteiger partial charge < -0.3 is 4.74 Å². The van der Waals surface area contributed by atoms with Crippen molar-refractivity contribution in [3.8, 4) is 22.3 Å². The highest BCUT2D eigenvalue weighted by Crippen LogP contribution is 2.31. The molecule has 8 nitrogen and oxygen atoms in total. The van der Waals surface area contributed by atoms with E-state index in [-0.39, 0.29) is 11.5 Å². The Kier molecular flexibility index (Phi) is 5.93. The Bertz CT molecular complexity index is 1390. The quantitative estimate of drug-likeness (QED) is 0.382. The molecule has 0 amide bonds. The van der Waals surface area contributed by atoms with Gasteiger partial charge in [-0.25, -0.2) is 9.97 Å². The van der Waals surface area contributed by atoms with Crippen molar-refractivity contribution in [1.82, 2.24) is 29.3 Å². The lowest BCUT2D eigenvalue weighted by Crippen LogP contribution is -2.19. The molecule has 0 aliphatic carbocycles. The molecule has 0 saturated heterocycles. The first-order valence-corrected chi connectivity index (χ1v) is 12.1. The summed E-state index contributed by atoms with van der Waals surface area (Å²) in [5, 5.41) is 11.6. The Morgan fingerprint density at radius 2 is 2.12 bits per heavy atom. The molecule has 1 unspecified atom stereocenters. The maximum Gasteiger partial charge on any atom is 0.258 e. The van der Waals surface area contributed by atoms with Crippen molar-refractivity contribution in [1.29, 1.82) is 0 Å². The molecule has 4 aromatic rings. The third-order valence-corrected chi connectivity index (χ3v) is 6.86. The predicted octanol–water partition coefficient (Wildman–Crippen LogP) is 4.38. The van der Waals surface area contributed by atoms with Crippen molar-refractivity contribution in [2.75, 3.05) is 7.11 Å². The molecule has 5 heterocycles. The molecular formula is C23H20N6O2S2. The normalized spacial score (nSPS) is 14.8. The Balaban J connectivity index is 1.48. The van der Waals surface area contributed by atoms with Gasteiger partial charge in [-0.1, -0.05) is 36.9 Å². The molecule has 1 atom stereocenters. The van der Waals surface area contributed by atoms with Gasteiger partial charge in [-0.05, 0) is 29.5 Å². The number of nitrogens with zero attached hydrogens (tertiary/aromatic N) is 6. The average Bonchev–Trinajstić information content (AvgIpc) is 3.46. The highest BCUT2D eigenvalue weighted by Gasteiger charge is 2.18. The van der Waals surface area contributed by atoms with Gasteiger partial charge in [-0.15, -0.1) is 21.5 Å². The maximum atomic E-state index is 12.6. The minimum Gasteiger partial charge on any atom is -0.481 e. The number of pyridine rings is 1. The second kappa shape index (κ2) is 9.16.